The van der Waals surface area contributed by atoms with E-state index in [2.05, 4.69) is 34.1 Å². The minimum Gasteiger partial charge on any atom is -0.307 e. The lowest BCUT2D eigenvalue weighted by molar-refractivity contribution is 0.108. The molecule has 0 atom stereocenters. The average Bonchev–Trinajstić information content (AvgIpc) is 2.42. The number of anilines is 1. The molecule has 0 aliphatic carbocycles. The molecule has 3 N–H and O–H groups in total. The molecule has 0 amide bonds. The van der Waals surface area contributed by atoms with E-state index in [1.165, 1.54) is 19.3 Å². The fourth-order valence-electron chi connectivity index (χ4n) is 2.34. The summed E-state index contributed by atoms with van der Waals surface area (Å²) in [5.41, 5.74) is 4.03. The second kappa shape index (κ2) is 5.63. The highest BCUT2D eigenvalue weighted by molar-refractivity contribution is 5.28. The summed E-state index contributed by atoms with van der Waals surface area (Å²) in [7, 11) is 0. The Bertz CT molecular complexity index is 367. The van der Waals surface area contributed by atoms with Crippen molar-refractivity contribution in [1.82, 2.24) is 14.9 Å². The van der Waals surface area contributed by atoms with Gasteiger partial charge >= 0.3 is 0 Å². The Balaban J connectivity index is 1.87. The van der Waals surface area contributed by atoms with Crippen LogP contribution in [0.3, 0.4) is 0 Å². The van der Waals surface area contributed by atoms with Gasteiger partial charge in [0.2, 0.25) is 0 Å². The number of nitrogens with zero attached hydrogens (tertiary/aromatic N) is 3. The summed E-state index contributed by atoms with van der Waals surface area (Å²) in [4.78, 5) is 11.0. The van der Waals surface area contributed by atoms with Gasteiger partial charge in [-0.3, -0.25) is 9.88 Å². The molecular formula is C13H23N5. The minimum absolute atomic E-state index is 0.537. The molecule has 1 aliphatic heterocycles. The molecule has 2 rings (SSSR count). The largest absolute Gasteiger partial charge is 0.307 e. The topological polar surface area (TPSA) is 67.1 Å². The number of aromatic nitrogens is 2. The fourth-order valence-corrected chi connectivity index (χ4v) is 2.34. The summed E-state index contributed by atoms with van der Waals surface area (Å²) >= 11 is 0. The van der Waals surface area contributed by atoms with Crippen LogP contribution in [0.2, 0.25) is 0 Å². The van der Waals surface area contributed by atoms with Crippen molar-refractivity contribution in [3.05, 3.63) is 18.1 Å². The fraction of sp³-hybridized carbons (Fsp3) is 0.692. The summed E-state index contributed by atoms with van der Waals surface area (Å²) in [6, 6.07) is 0. The van der Waals surface area contributed by atoms with E-state index < -0.39 is 0 Å². The Morgan fingerprint density at radius 3 is 2.56 bits per heavy atom. The maximum absolute atomic E-state index is 5.27. The number of rotatable bonds is 4. The summed E-state index contributed by atoms with van der Waals surface area (Å²) in [5.74, 6) is 5.87. The molecule has 1 aromatic heterocycles. The lowest BCUT2D eigenvalue weighted by atomic mass is 9.78. The smallest absolute Gasteiger partial charge is 0.158 e. The quantitative estimate of drug-likeness (QED) is 0.629. The lowest BCUT2D eigenvalue weighted by Gasteiger charge is -2.38. The van der Waals surface area contributed by atoms with Crippen LogP contribution in [0.25, 0.3) is 0 Å². The highest BCUT2D eigenvalue weighted by Crippen LogP contribution is 2.34. The summed E-state index contributed by atoms with van der Waals surface area (Å²) in [6.07, 6.45) is 7.30. The summed E-state index contributed by atoms with van der Waals surface area (Å²) in [5, 5.41) is 0. The van der Waals surface area contributed by atoms with Crippen molar-refractivity contribution in [2.75, 3.05) is 18.5 Å². The zero-order chi connectivity index (χ0) is 13.0. The minimum atomic E-state index is 0.537. The lowest BCUT2D eigenvalue weighted by Crippen LogP contribution is -2.38. The van der Waals surface area contributed by atoms with Crippen molar-refractivity contribution < 1.29 is 0 Å². The molecule has 1 fully saturated rings. The van der Waals surface area contributed by atoms with Crippen molar-refractivity contribution in [1.29, 1.82) is 0 Å². The van der Waals surface area contributed by atoms with E-state index in [1.807, 2.05) is 0 Å². The average molecular weight is 249 g/mol. The number of piperidine rings is 1. The van der Waals surface area contributed by atoms with Crippen molar-refractivity contribution >= 4 is 5.82 Å². The van der Waals surface area contributed by atoms with Crippen LogP contribution in [0.1, 0.15) is 38.8 Å². The highest BCUT2D eigenvalue weighted by Gasteiger charge is 2.28. The second-order valence-electron chi connectivity index (χ2n) is 5.48. The Kier molecular flexibility index (Phi) is 4.14. The van der Waals surface area contributed by atoms with Crippen LogP contribution in [0.5, 0.6) is 0 Å². The molecule has 0 unspecified atom stereocenters. The molecular weight excluding hydrogens is 226 g/mol. The Labute approximate surface area is 109 Å². The summed E-state index contributed by atoms with van der Waals surface area (Å²) < 4.78 is 0. The second-order valence-corrected chi connectivity index (χ2v) is 5.48. The van der Waals surface area contributed by atoms with Crippen LogP contribution in [0.4, 0.5) is 5.82 Å². The van der Waals surface area contributed by atoms with E-state index in [4.69, 9.17) is 5.84 Å². The molecule has 0 aromatic carbocycles. The molecule has 0 radical (unpaired) electrons. The first-order chi connectivity index (χ1) is 8.65. The third-order valence-corrected chi connectivity index (χ3v) is 4.16. The molecule has 18 heavy (non-hydrogen) atoms. The Morgan fingerprint density at radius 2 is 2.06 bits per heavy atom. The highest BCUT2D eigenvalue weighted by atomic mass is 15.3. The molecule has 1 saturated heterocycles. The molecule has 100 valence electrons. The standard InChI is InChI=1S/C13H23N5/c1-3-13(2)4-6-18(7-5-13)10-11-8-16-12(17-14)9-15-11/h8-9H,3-7,10,14H2,1-2H3,(H,16,17). The number of hydrogen-bond donors (Lipinski definition) is 2. The maximum atomic E-state index is 5.27. The molecule has 0 saturated carbocycles. The van der Waals surface area contributed by atoms with Crippen molar-refractivity contribution in [2.45, 2.75) is 39.7 Å². The Hall–Kier alpha value is -1.20. The van der Waals surface area contributed by atoms with E-state index >= 15 is 0 Å². The molecule has 5 heteroatoms. The van der Waals surface area contributed by atoms with Gasteiger partial charge in [-0.05, 0) is 31.3 Å². The maximum Gasteiger partial charge on any atom is 0.158 e. The van der Waals surface area contributed by atoms with Gasteiger partial charge in [-0.15, -0.1) is 0 Å². The first-order valence-corrected chi connectivity index (χ1v) is 6.65. The number of hydrogen-bond acceptors (Lipinski definition) is 5. The van der Waals surface area contributed by atoms with Gasteiger partial charge in [-0.2, -0.15) is 0 Å². The van der Waals surface area contributed by atoms with Crippen LogP contribution in [-0.4, -0.2) is 28.0 Å². The number of nitrogen functional groups attached to an aromatic ring is 1. The third kappa shape index (κ3) is 3.17. The first kappa shape index (κ1) is 13.2. The van der Waals surface area contributed by atoms with E-state index in [-0.39, 0.29) is 0 Å². The molecule has 1 aliphatic rings. The molecule has 2 heterocycles. The molecule has 0 bridgehead atoms. The van der Waals surface area contributed by atoms with Crippen molar-refractivity contribution in [2.24, 2.45) is 11.3 Å². The monoisotopic (exact) mass is 249 g/mol. The van der Waals surface area contributed by atoms with Gasteiger partial charge < -0.3 is 5.43 Å². The van der Waals surface area contributed by atoms with Gasteiger partial charge in [0.05, 0.1) is 18.1 Å². The SMILES string of the molecule is CCC1(C)CCN(Cc2cnc(NN)cn2)CC1. The molecule has 5 nitrogen and oxygen atoms in total. The van der Waals surface area contributed by atoms with Gasteiger partial charge in [0, 0.05) is 6.54 Å². The zero-order valence-electron chi connectivity index (χ0n) is 11.3. The van der Waals surface area contributed by atoms with Gasteiger partial charge in [-0.25, -0.2) is 10.8 Å². The van der Waals surface area contributed by atoms with E-state index in [0.29, 0.717) is 11.2 Å². The first-order valence-electron chi connectivity index (χ1n) is 6.65. The Morgan fingerprint density at radius 1 is 1.33 bits per heavy atom. The normalized spacial score (nSPS) is 19.7. The zero-order valence-corrected chi connectivity index (χ0v) is 11.3. The van der Waals surface area contributed by atoms with E-state index in [1.54, 1.807) is 12.4 Å². The van der Waals surface area contributed by atoms with Crippen LogP contribution in [0, 0.1) is 5.41 Å². The van der Waals surface area contributed by atoms with Crippen LogP contribution in [0.15, 0.2) is 12.4 Å². The summed E-state index contributed by atoms with van der Waals surface area (Å²) in [6.45, 7) is 7.88. The van der Waals surface area contributed by atoms with Gasteiger partial charge in [0.1, 0.15) is 0 Å². The number of hydrazine groups is 1. The van der Waals surface area contributed by atoms with Crippen molar-refractivity contribution in [3.63, 3.8) is 0 Å². The third-order valence-electron chi connectivity index (χ3n) is 4.16. The van der Waals surface area contributed by atoms with Crippen LogP contribution in [-0.2, 0) is 6.54 Å². The van der Waals surface area contributed by atoms with E-state index in [0.717, 1.165) is 25.3 Å². The van der Waals surface area contributed by atoms with Gasteiger partial charge in [0.25, 0.3) is 0 Å². The molecule has 0 spiro atoms. The number of likely N-dealkylation sites (tertiary alicyclic amines) is 1. The predicted octanol–water partition coefficient (Wildman–Crippen LogP) is 1.77. The molecule has 1 aromatic rings. The van der Waals surface area contributed by atoms with E-state index in [9.17, 15) is 0 Å². The predicted molar refractivity (Wildman–Crippen MR) is 72.8 cm³/mol. The number of nitrogens with one attached hydrogen (secondary N) is 1. The van der Waals surface area contributed by atoms with Gasteiger partial charge in [-0.1, -0.05) is 20.3 Å². The van der Waals surface area contributed by atoms with Crippen molar-refractivity contribution in [3.8, 4) is 0 Å². The number of nitrogens with two attached hydrogens (primary N) is 1. The van der Waals surface area contributed by atoms with Gasteiger partial charge in [0.15, 0.2) is 5.82 Å². The van der Waals surface area contributed by atoms with Crippen LogP contribution >= 0.6 is 0 Å². The van der Waals surface area contributed by atoms with Crippen LogP contribution < -0.4 is 11.3 Å².